The summed E-state index contributed by atoms with van der Waals surface area (Å²) >= 11 is 0. The van der Waals surface area contributed by atoms with Gasteiger partial charge in [-0.2, -0.15) is 0 Å². The monoisotopic (exact) mass is 300 g/mol. The number of carbonyl (C=O) groups excluding carboxylic acids is 1. The summed E-state index contributed by atoms with van der Waals surface area (Å²) in [5.41, 5.74) is 1.89. The molecule has 0 atom stereocenters. The van der Waals surface area contributed by atoms with Crippen LogP contribution in [0.2, 0.25) is 0 Å². The van der Waals surface area contributed by atoms with E-state index in [2.05, 4.69) is 36.6 Å². The van der Waals surface area contributed by atoms with Crippen LogP contribution in [0.4, 0.5) is 9.18 Å². The third kappa shape index (κ3) is 4.58. The minimum Gasteiger partial charge on any atom is -0.337 e. The number of hydrogen-bond acceptors (Lipinski definition) is 1. The molecule has 2 rings (SSSR count). The second-order valence-corrected chi connectivity index (χ2v) is 5.91. The molecule has 4 heteroatoms. The highest BCUT2D eigenvalue weighted by atomic mass is 19.1. The highest BCUT2D eigenvalue weighted by Gasteiger charge is 2.20. The lowest BCUT2D eigenvalue weighted by Gasteiger charge is -2.25. The van der Waals surface area contributed by atoms with Crippen molar-refractivity contribution in [3.63, 3.8) is 0 Å². The average Bonchev–Trinajstić information content (AvgIpc) is 2.53. The number of rotatable bonds is 5. The van der Waals surface area contributed by atoms with Crippen LogP contribution in [0, 0.1) is 5.82 Å². The highest BCUT2D eigenvalue weighted by molar-refractivity contribution is 5.74. The standard InChI is InChI=1S/C18H21FN2O/c1-18(2,15-6-4-3-5-7-15)13-21-17(22)20-12-14-8-10-16(19)11-9-14/h3-11H,12-13H2,1-2H3,(H2,20,21,22). The van der Waals surface area contributed by atoms with Gasteiger partial charge in [0.25, 0.3) is 0 Å². The fourth-order valence-electron chi connectivity index (χ4n) is 2.14. The van der Waals surface area contributed by atoms with Gasteiger partial charge in [-0.3, -0.25) is 0 Å². The summed E-state index contributed by atoms with van der Waals surface area (Å²) in [7, 11) is 0. The lowest BCUT2D eigenvalue weighted by Crippen LogP contribution is -2.42. The molecular formula is C18H21FN2O. The van der Waals surface area contributed by atoms with E-state index in [1.807, 2.05) is 18.2 Å². The predicted octanol–water partition coefficient (Wildman–Crippen LogP) is 3.60. The lowest BCUT2D eigenvalue weighted by atomic mass is 9.85. The Hall–Kier alpha value is -2.36. The summed E-state index contributed by atoms with van der Waals surface area (Å²) in [6, 6.07) is 15.9. The Balaban J connectivity index is 1.81. The van der Waals surface area contributed by atoms with Crippen LogP contribution in [0.5, 0.6) is 0 Å². The topological polar surface area (TPSA) is 41.1 Å². The van der Waals surface area contributed by atoms with Crippen LogP contribution in [-0.2, 0) is 12.0 Å². The van der Waals surface area contributed by atoms with Gasteiger partial charge < -0.3 is 10.6 Å². The number of halogens is 1. The van der Waals surface area contributed by atoms with Crippen LogP contribution in [0.15, 0.2) is 54.6 Å². The first-order valence-electron chi connectivity index (χ1n) is 7.29. The lowest BCUT2D eigenvalue weighted by molar-refractivity contribution is 0.238. The van der Waals surface area contributed by atoms with Crippen molar-refractivity contribution in [1.29, 1.82) is 0 Å². The molecule has 2 aromatic rings. The van der Waals surface area contributed by atoms with Crippen molar-refractivity contribution >= 4 is 6.03 Å². The molecule has 0 aliphatic rings. The van der Waals surface area contributed by atoms with Crippen molar-refractivity contribution in [1.82, 2.24) is 10.6 Å². The van der Waals surface area contributed by atoms with Gasteiger partial charge in [-0.05, 0) is 23.3 Å². The van der Waals surface area contributed by atoms with Crippen LogP contribution in [0.3, 0.4) is 0 Å². The molecule has 0 aliphatic carbocycles. The summed E-state index contributed by atoms with van der Waals surface area (Å²) in [4.78, 5) is 11.9. The zero-order valence-electron chi connectivity index (χ0n) is 12.9. The second-order valence-electron chi connectivity index (χ2n) is 5.91. The Morgan fingerprint density at radius 3 is 2.27 bits per heavy atom. The highest BCUT2D eigenvalue weighted by Crippen LogP contribution is 2.21. The summed E-state index contributed by atoms with van der Waals surface area (Å²) in [6.45, 7) is 5.08. The van der Waals surface area contributed by atoms with Gasteiger partial charge in [0, 0.05) is 18.5 Å². The minimum absolute atomic E-state index is 0.144. The predicted molar refractivity (Wildman–Crippen MR) is 86.1 cm³/mol. The van der Waals surface area contributed by atoms with Crippen molar-refractivity contribution in [3.8, 4) is 0 Å². The van der Waals surface area contributed by atoms with Gasteiger partial charge in [0.15, 0.2) is 0 Å². The Morgan fingerprint density at radius 2 is 1.64 bits per heavy atom. The average molecular weight is 300 g/mol. The van der Waals surface area contributed by atoms with Gasteiger partial charge in [0.1, 0.15) is 5.82 Å². The molecule has 0 unspecified atom stereocenters. The fraction of sp³-hybridized carbons (Fsp3) is 0.278. The molecule has 0 heterocycles. The molecule has 22 heavy (non-hydrogen) atoms. The number of hydrogen-bond donors (Lipinski definition) is 2. The van der Waals surface area contributed by atoms with Crippen molar-refractivity contribution in [2.24, 2.45) is 0 Å². The first-order valence-corrected chi connectivity index (χ1v) is 7.29. The minimum atomic E-state index is -0.280. The van der Waals surface area contributed by atoms with Gasteiger partial charge in [-0.25, -0.2) is 9.18 Å². The third-order valence-corrected chi connectivity index (χ3v) is 3.61. The molecule has 0 bridgehead atoms. The van der Waals surface area contributed by atoms with Crippen LogP contribution < -0.4 is 10.6 Å². The van der Waals surface area contributed by atoms with E-state index in [1.165, 1.54) is 17.7 Å². The Morgan fingerprint density at radius 1 is 1.00 bits per heavy atom. The van der Waals surface area contributed by atoms with E-state index in [9.17, 15) is 9.18 Å². The molecule has 0 fully saturated rings. The van der Waals surface area contributed by atoms with E-state index in [0.29, 0.717) is 13.1 Å². The molecular weight excluding hydrogens is 279 g/mol. The second kappa shape index (κ2) is 7.07. The molecule has 0 aliphatic heterocycles. The molecule has 3 nitrogen and oxygen atoms in total. The summed E-state index contributed by atoms with van der Waals surface area (Å²) in [6.07, 6.45) is 0. The van der Waals surface area contributed by atoms with Crippen molar-refractivity contribution < 1.29 is 9.18 Å². The van der Waals surface area contributed by atoms with Crippen molar-refractivity contribution in [2.75, 3.05) is 6.54 Å². The first-order chi connectivity index (χ1) is 10.5. The van der Waals surface area contributed by atoms with Crippen LogP contribution in [0.1, 0.15) is 25.0 Å². The van der Waals surface area contributed by atoms with E-state index in [1.54, 1.807) is 12.1 Å². The van der Waals surface area contributed by atoms with Crippen LogP contribution in [0.25, 0.3) is 0 Å². The number of benzene rings is 2. The number of carbonyl (C=O) groups is 1. The van der Waals surface area contributed by atoms with Crippen molar-refractivity contribution in [3.05, 3.63) is 71.5 Å². The number of urea groups is 1. The molecule has 2 aromatic carbocycles. The Kier molecular flexibility index (Phi) is 5.15. The van der Waals surface area contributed by atoms with Crippen molar-refractivity contribution in [2.45, 2.75) is 25.8 Å². The molecule has 2 N–H and O–H groups in total. The molecule has 0 radical (unpaired) electrons. The molecule has 0 spiro atoms. The number of nitrogens with one attached hydrogen (secondary N) is 2. The molecule has 0 aromatic heterocycles. The number of amides is 2. The van der Waals surface area contributed by atoms with Crippen LogP contribution >= 0.6 is 0 Å². The largest absolute Gasteiger partial charge is 0.337 e. The Labute approximate surface area is 130 Å². The van der Waals surface area contributed by atoms with E-state index >= 15 is 0 Å². The quantitative estimate of drug-likeness (QED) is 0.870. The third-order valence-electron chi connectivity index (χ3n) is 3.61. The van der Waals surface area contributed by atoms with Gasteiger partial charge in [0.05, 0.1) is 0 Å². The zero-order chi connectivity index (χ0) is 16.0. The molecule has 2 amide bonds. The van der Waals surface area contributed by atoms with E-state index in [-0.39, 0.29) is 17.3 Å². The fourth-order valence-corrected chi connectivity index (χ4v) is 2.14. The SMILES string of the molecule is CC(C)(CNC(=O)NCc1ccc(F)cc1)c1ccccc1. The van der Waals surface area contributed by atoms with Gasteiger partial charge in [0.2, 0.25) is 0 Å². The molecule has 116 valence electrons. The summed E-state index contributed by atoms with van der Waals surface area (Å²) in [5.74, 6) is -0.280. The first kappa shape index (κ1) is 16.0. The Bertz CT molecular complexity index is 609. The molecule has 0 saturated heterocycles. The van der Waals surface area contributed by atoms with Gasteiger partial charge in [-0.15, -0.1) is 0 Å². The maximum Gasteiger partial charge on any atom is 0.315 e. The summed E-state index contributed by atoms with van der Waals surface area (Å²) in [5, 5.41) is 5.65. The summed E-state index contributed by atoms with van der Waals surface area (Å²) < 4.78 is 12.8. The zero-order valence-corrected chi connectivity index (χ0v) is 12.9. The van der Waals surface area contributed by atoms with E-state index in [4.69, 9.17) is 0 Å². The maximum absolute atomic E-state index is 12.8. The van der Waals surface area contributed by atoms with Crippen LogP contribution in [-0.4, -0.2) is 12.6 Å². The van der Waals surface area contributed by atoms with E-state index < -0.39 is 0 Å². The smallest absolute Gasteiger partial charge is 0.315 e. The van der Waals surface area contributed by atoms with Gasteiger partial charge >= 0.3 is 6.03 Å². The normalized spacial score (nSPS) is 11.0. The maximum atomic E-state index is 12.8. The van der Waals surface area contributed by atoms with E-state index in [0.717, 1.165) is 5.56 Å². The molecule has 0 saturated carbocycles. The van der Waals surface area contributed by atoms with Gasteiger partial charge in [-0.1, -0.05) is 56.3 Å².